The van der Waals surface area contributed by atoms with E-state index in [-0.39, 0.29) is 42.3 Å². The van der Waals surface area contributed by atoms with E-state index in [1.807, 2.05) is 115 Å². The molecule has 0 bridgehead atoms. The number of hydrogen-bond acceptors (Lipinski definition) is 10. The van der Waals surface area contributed by atoms with Crippen LogP contribution in [-0.4, -0.2) is 61.3 Å². The van der Waals surface area contributed by atoms with Gasteiger partial charge in [-0.1, -0.05) is 91.0 Å². The number of nitro groups is 1. The summed E-state index contributed by atoms with van der Waals surface area (Å²) in [5.41, 5.74) is 3.41. The number of benzene rings is 5. The summed E-state index contributed by atoms with van der Waals surface area (Å²) in [4.78, 5) is 12.2. The second-order valence-electron chi connectivity index (χ2n) is 14.8. The molecule has 5 aromatic rings. The SMILES string of the molecule is COc1ccc(C(OC[C@H]2O[C@@H](c3ccc(-c4ccccc4)c([N+](=O)[O-])c3)C[C@@H]2OP(OCCC#N)N(C(C)C)C(C)C)(c2ccccc2)c2ccc(OC)cc2)cc1. The van der Waals surface area contributed by atoms with Gasteiger partial charge in [0.1, 0.15) is 23.2 Å². The summed E-state index contributed by atoms with van der Waals surface area (Å²) in [7, 11) is 1.61. The van der Waals surface area contributed by atoms with Crippen LogP contribution in [0.3, 0.4) is 0 Å². The molecule has 4 atom stereocenters. The highest BCUT2D eigenvalue weighted by Crippen LogP contribution is 2.51. The van der Waals surface area contributed by atoms with E-state index in [2.05, 4.69) is 38.4 Å². The lowest BCUT2D eigenvalue weighted by atomic mass is 9.80. The molecule has 0 aliphatic carbocycles. The van der Waals surface area contributed by atoms with Crippen molar-refractivity contribution in [2.75, 3.05) is 27.4 Å². The van der Waals surface area contributed by atoms with Crippen molar-refractivity contribution in [3.05, 3.63) is 160 Å². The minimum atomic E-state index is -1.66. The van der Waals surface area contributed by atoms with Gasteiger partial charge in [-0.25, -0.2) is 4.67 Å². The van der Waals surface area contributed by atoms with Crippen LogP contribution in [0.4, 0.5) is 5.69 Å². The van der Waals surface area contributed by atoms with Crippen LogP contribution in [0.2, 0.25) is 0 Å². The number of ether oxygens (including phenoxy) is 4. The molecule has 1 aliphatic rings. The molecule has 0 radical (unpaired) electrons. The Bertz CT molecular complexity index is 2090. The summed E-state index contributed by atoms with van der Waals surface area (Å²) >= 11 is 0. The fourth-order valence-corrected chi connectivity index (χ4v) is 9.40. The average Bonchev–Trinajstić information content (AvgIpc) is 3.66. The molecule has 11 nitrogen and oxygen atoms in total. The van der Waals surface area contributed by atoms with Crippen molar-refractivity contribution in [3.63, 3.8) is 0 Å². The van der Waals surface area contributed by atoms with E-state index in [0.29, 0.717) is 29.0 Å². The predicted molar refractivity (Wildman–Crippen MR) is 229 cm³/mol. The Kier molecular flexibility index (Phi) is 14.9. The Morgan fingerprint density at radius 1 is 0.831 bits per heavy atom. The molecule has 59 heavy (non-hydrogen) atoms. The Labute approximate surface area is 348 Å². The lowest BCUT2D eigenvalue weighted by Crippen LogP contribution is -2.39. The molecule has 1 aliphatic heterocycles. The molecule has 0 saturated carbocycles. The van der Waals surface area contributed by atoms with Crippen LogP contribution in [0.1, 0.15) is 68.9 Å². The maximum atomic E-state index is 12.5. The minimum Gasteiger partial charge on any atom is -0.497 e. The van der Waals surface area contributed by atoms with Crippen LogP contribution in [0.25, 0.3) is 11.1 Å². The molecule has 0 spiro atoms. The third-order valence-electron chi connectivity index (χ3n) is 10.4. The first-order valence-electron chi connectivity index (χ1n) is 19.8. The highest BCUT2D eigenvalue weighted by Gasteiger charge is 2.45. The van der Waals surface area contributed by atoms with Gasteiger partial charge in [-0.2, -0.15) is 5.26 Å². The Hall–Kier alpha value is -5.18. The van der Waals surface area contributed by atoms with Gasteiger partial charge in [0, 0.05) is 24.6 Å². The maximum absolute atomic E-state index is 12.5. The number of nitriles is 1. The molecule has 1 fully saturated rings. The highest BCUT2D eigenvalue weighted by molar-refractivity contribution is 7.44. The lowest BCUT2D eigenvalue weighted by molar-refractivity contribution is -0.384. The first-order valence-corrected chi connectivity index (χ1v) is 20.9. The summed E-state index contributed by atoms with van der Waals surface area (Å²) in [5, 5.41) is 21.9. The standard InChI is InChI=1S/C47H52N3O8P/c1-33(2)49(34(3)4)59(56-29-13-28-48)58-45-31-44(36-18-27-42(43(30-36)50(51)52)35-14-9-7-10-15-35)57-46(45)32-55-47(37-16-11-8-12-17-37,38-19-23-40(53-5)24-20-38)39-21-25-41(54-6)26-22-39/h7-12,14-27,30,33-34,44-46H,13,29,31-32H2,1-6H3/t44-,45+,46-,59?/m1/s1. The molecule has 1 unspecified atom stereocenters. The van der Waals surface area contributed by atoms with Crippen molar-refractivity contribution in [2.45, 2.75) is 76.5 Å². The van der Waals surface area contributed by atoms with Crippen LogP contribution < -0.4 is 9.47 Å². The van der Waals surface area contributed by atoms with Crippen molar-refractivity contribution in [3.8, 4) is 28.7 Å². The fraction of sp³-hybridized carbons (Fsp3) is 0.340. The third-order valence-corrected chi connectivity index (χ3v) is 12.6. The van der Waals surface area contributed by atoms with Crippen LogP contribution in [-0.2, 0) is 24.1 Å². The quantitative estimate of drug-likeness (QED) is 0.0261. The Morgan fingerprint density at radius 2 is 1.39 bits per heavy atom. The normalized spacial score (nSPS) is 17.3. The van der Waals surface area contributed by atoms with Gasteiger partial charge in [0.25, 0.3) is 14.2 Å². The summed E-state index contributed by atoms with van der Waals surface area (Å²) in [5.74, 6) is 1.41. The highest BCUT2D eigenvalue weighted by atomic mass is 31.2. The second-order valence-corrected chi connectivity index (χ2v) is 16.2. The van der Waals surface area contributed by atoms with E-state index < -0.39 is 32.4 Å². The largest absolute Gasteiger partial charge is 0.497 e. The summed E-state index contributed by atoms with van der Waals surface area (Å²) in [6.07, 6.45) is -1.17. The number of nitro benzene ring substituents is 1. The molecule has 1 heterocycles. The Balaban J connectivity index is 1.44. The van der Waals surface area contributed by atoms with E-state index in [9.17, 15) is 15.4 Å². The molecule has 6 rings (SSSR count). The number of rotatable bonds is 19. The monoisotopic (exact) mass is 817 g/mol. The van der Waals surface area contributed by atoms with Crippen molar-refractivity contribution in [1.82, 2.24) is 4.67 Å². The zero-order valence-corrected chi connectivity index (χ0v) is 35.3. The molecule has 0 amide bonds. The second kappa shape index (κ2) is 20.2. The number of nitrogens with zero attached hydrogens (tertiary/aromatic N) is 3. The summed E-state index contributed by atoms with van der Waals surface area (Å²) in [6, 6.07) is 42.6. The molecule has 12 heteroatoms. The molecule has 308 valence electrons. The van der Waals surface area contributed by atoms with Gasteiger partial charge in [-0.3, -0.25) is 10.1 Å². The lowest BCUT2D eigenvalue weighted by Gasteiger charge is -2.39. The van der Waals surface area contributed by atoms with Crippen LogP contribution >= 0.6 is 8.53 Å². The van der Waals surface area contributed by atoms with E-state index in [1.165, 1.54) is 0 Å². The molecular formula is C47H52N3O8P. The van der Waals surface area contributed by atoms with Gasteiger partial charge >= 0.3 is 0 Å². The first-order chi connectivity index (χ1) is 28.6. The number of methoxy groups -OCH3 is 2. The van der Waals surface area contributed by atoms with Gasteiger partial charge < -0.3 is 28.0 Å². The molecule has 1 saturated heterocycles. The van der Waals surface area contributed by atoms with Crippen molar-refractivity contribution < 1.29 is 32.9 Å². The topological polar surface area (TPSA) is 126 Å². The minimum absolute atomic E-state index is 0.00977. The molecule has 0 aromatic heterocycles. The smallest absolute Gasteiger partial charge is 0.277 e. The molecule has 5 aromatic carbocycles. The van der Waals surface area contributed by atoms with Crippen LogP contribution in [0.5, 0.6) is 11.5 Å². The van der Waals surface area contributed by atoms with Crippen LogP contribution in [0, 0.1) is 21.4 Å². The van der Waals surface area contributed by atoms with Crippen molar-refractivity contribution in [2.24, 2.45) is 0 Å². The molecular weight excluding hydrogens is 766 g/mol. The average molecular weight is 818 g/mol. The van der Waals surface area contributed by atoms with E-state index in [0.717, 1.165) is 22.3 Å². The Morgan fingerprint density at radius 3 is 1.92 bits per heavy atom. The van der Waals surface area contributed by atoms with E-state index in [1.54, 1.807) is 26.4 Å². The maximum Gasteiger partial charge on any atom is 0.277 e. The van der Waals surface area contributed by atoms with Crippen molar-refractivity contribution in [1.29, 1.82) is 5.26 Å². The van der Waals surface area contributed by atoms with Gasteiger partial charge in [-0.05, 0) is 85.8 Å². The summed E-state index contributed by atoms with van der Waals surface area (Å²) in [6.45, 7) is 8.63. The van der Waals surface area contributed by atoms with Gasteiger partial charge in [-0.15, -0.1) is 0 Å². The fourth-order valence-electron chi connectivity index (χ4n) is 7.64. The number of hydrogen-bond donors (Lipinski definition) is 0. The summed E-state index contributed by atoms with van der Waals surface area (Å²) < 4.78 is 40.9. The third kappa shape index (κ3) is 10.00. The predicted octanol–water partition coefficient (Wildman–Crippen LogP) is 10.8. The zero-order chi connectivity index (χ0) is 41.9. The molecule has 0 N–H and O–H groups in total. The van der Waals surface area contributed by atoms with E-state index in [4.69, 9.17) is 28.0 Å². The zero-order valence-electron chi connectivity index (χ0n) is 34.4. The van der Waals surface area contributed by atoms with E-state index >= 15 is 0 Å². The van der Waals surface area contributed by atoms with Gasteiger partial charge in [0.2, 0.25) is 0 Å². The van der Waals surface area contributed by atoms with Crippen LogP contribution in [0.15, 0.2) is 127 Å². The van der Waals surface area contributed by atoms with Gasteiger partial charge in [0.05, 0.1) is 62.6 Å². The first kappa shape index (κ1) is 43.4. The van der Waals surface area contributed by atoms with Gasteiger partial charge in [0.15, 0.2) is 0 Å². The van der Waals surface area contributed by atoms with Crippen molar-refractivity contribution >= 4 is 14.2 Å².